The van der Waals surface area contributed by atoms with Gasteiger partial charge in [-0.05, 0) is 24.6 Å². The number of hydrogen-bond acceptors (Lipinski definition) is 3. The number of aromatic amines is 1. The first-order valence-corrected chi connectivity index (χ1v) is 7.23. The molecular formula is C18H18N2O3. The van der Waals surface area contributed by atoms with Crippen LogP contribution in [0.5, 0.6) is 11.5 Å². The van der Waals surface area contributed by atoms with Crippen molar-refractivity contribution in [1.29, 1.82) is 0 Å². The lowest BCUT2D eigenvalue weighted by atomic mass is 10.2. The number of carbonyl (C=O) groups is 1. The number of ether oxygens (including phenoxy) is 2. The lowest BCUT2D eigenvalue weighted by Gasteiger charge is -2.09. The fourth-order valence-corrected chi connectivity index (χ4v) is 2.44. The van der Waals surface area contributed by atoms with Crippen molar-refractivity contribution in [2.24, 2.45) is 0 Å². The molecule has 3 rings (SSSR count). The summed E-state index contributed by atoms with van der Waals surface area (Å²) in [6.45, 7) is 2.02. The van der Waals surface area contributed by atoms with Gasteiger partial charge in [0.15, 0.2) is 0 Å². The quantitative estimate of drug-likeness (QED) is 0.771. The first-order valence-electron chi connectivity index (χ1n) is 7.23. The number of H-pyrrole nitrogens is 1. The Hall–Kier alpha value is -2.95. The Morgan fingerprint density at radius 3 is 2.35 bits per heavy atom. The van der Waals surface area contributed by atoms with Crippen LogP contribution >= 0.6 is 0 Å². The number of aromatic nitrogens is 1. The van der Waals surface area contributed by atoms with Gasteiger partial charge in [0.2, 0.25) is 0 Å². The van der Waals surface area contributed by atoms with Gasteiger partial charge in [0.25, 0.3) is 5.91 Å². The molecule has 0 unspecified atom stereocenters. The molecule has 0 aliphatic heterocycles. The molecule has 2 aromatic carbocycles. The molecule has 0 atom stereocenters. The molecule has 5 heteroatoms. The van der Waals surface area contributed by atoms with Gasteiger partial charge in [-0.2, -0.15) is 0 Å². The van der Waals surface area contributed by atoms with E-state index in [0.717, 1.165) is 16.5 Å². The second kappa shape index (κ2) is 6.04. The SMILES string of the molecule is COc1cc(NC(=O)c2cc3ccc(C)cc3[nH]2)cc(OC)c1. The van der Waals surface area contributed by atoms with Crippen molar-refractivity contribution in [3.05, 3.63) is 53.7 Å². The van der Waals surface area contributed by atoms with Gasteiger partial charge in [0.1, 0.15) is 17.2 Å². The monoisotopic (exact) mass is 310 g/mol. The Labute approximate surface area is 134 Å². The number of carbonyl (C=O) groups excluding carboxylic acids is 1. The third-order valence-electron chi connectivity index (χ3n) is 3.63. The highest BCUT2D eigenvalue weighted by molar-refractivity contribution is 6.06. The molecule has 0 fully saturated rings. The summed E-state index contributed by atoms with van der Waals surface area (Å²) in [5, 5.41) is 3.86. The molecular weight excluding hydrogens is 292 g/mol. The van der Waals surface area contributed by atoms with E-state index < -0.39 is 0 Å². The van der Waals surface area contributed by atoms with Crippen LogP contribution in [0.1, 0.15) is 16.1 Å². The molecule has 1 amide bonds. The standard InChI is InChI=1S/C18H18N2O3/c1-11-4-5-12-7-17(20-16(12)6-11)18(21)19-13-8-14(22-2)10-15(9-13)23-3/h4-10,20H,1-3H3,(H,19,21). The second-order valence-corrected chi connectivity index (χ2v) is 5.33. The van der Waals surface area contributed by atoms with Gasteiger partial charge in [-0.1, -0.05) is 12.1 Å². The molecule has 23 heavy (non-hydrogen) atoms. The third kappa shape index (κ3) is 3.13. The minimum atomic E-state index is -0.214. The Kier molecular flexibility index (Phi) is 3.93. The predicted octanol–water partition coefficient (Wildman–Crippen LogP) is 3.75. The average Bonchev–Trinajstić information content (AvgIpc) is 2.97. The van der Waals surface area contributed by atoms with Crippen LogP contribution in [-0.2, 0) is 0 Å². The maximum atomic E-state index is 12.4. The minimum Gasteiger partial charge on any atom is -0.497 e. The van der Waals surface area contributed by atoms with E-state index >= 15 is 0 Å². The summed E-state index contributed by atoms with van der Waals surface area (Å²) in [5.41, 5.74) is 3.20. The number of methoxy groups -OCH3 is 2. The summed E-state index contributed by atoms with van der Waals surface area (Å²) in [4.78, 5) is 15.6. The lowest BCUT2D eigenvalue weighted by molar-refractivity contribution is 0.102. The zero-order chi connectivity index (χ0) is 16.4. The summed E-state index contributed by atoms with van der Waals surface area (Å²) < 4.78 is 10.4. The van der Waals surface area contributed by atoms with Gasteiger partial charge in [-0.3, -0.25) is 4.79 Å². The number of nitrogens with one attached hydrogen (secondary N) is 2. The van der Waals surface area contributed by atoms with Crippen LogP contribution < -0.4 is 14.8 Å². The highest BCUT2D eigenvalue weighted by Gasteiger charge is 2.11. The van der Waals surface area contributed by atoms with Gasteiger partial charge in [0.05, 0.1) is 14.2 Å². The highest BCUT2D eigenvalue weighted by Crippen LogP contribution is 2.26. The number of aryl methyl sites for hydroxylation is 1. The molecule has 0 radical (unpaired) electrons. The number of rotatable bonds is 4. The lowest BCUT2D eigenvalue weighted by Crippen LogP contribution is -2.12. The molecule has 118 valence electrons. The molecule has 0 saturated heterocycles. The van der Waals surface area contributed by atoms with Crippen molar-refractivity contribution in [2.45, 2.75) is 6.92 Å². The summed E-state index contributed by atoms with van der Waals surface area (Å²) in [5.74, 6) is 1.02. The Bertz CT molecular complexity index is 846. The minimum absolute atomic E-state index is 0.214. The smallest absolute Gasteiger partial charge is 0.272 e. The zero-order valence-electron chi connectivity index (χ0n) is 13.3. The van der Waals surface area contributed by atoms with E-state index in [2.05, 4.69) is 10.3 Å². The highest BCUT2D eigenvalue weighted by atomic mass is 16.5. The zero-order valence-corrected chi connectivity index (χ0v) is 13.3. The number of benzene rings is 2. The molecule has 0 saturated carbocycles. The maximum absolute atomic E-state index is 12.4. The summed E-state index contributed by atoms with van der Waals surface area (Å²) >= 11 is 0. The first kappa shape index (κ1) is 15.0. The number of hydrogen-bond donors (Lipinski definition) is 2. The largest absolute Gasteiger partial charge is 0.497 e. The van der Waals surface area contributed by atoms with E-state index in [1.54, 1.807) is 32.4 Å². The van der Waals surface area contributed by atoms with Gasteiger partial charge >= 0.3 is 0 Å². The topological polar surface area (TPSA) is 63.3 Å². The van der Waals surface area contributed by atoms with Crippen molar-refractivity contribution < 1.29 is 14.3 Å². The summed E-state index contributed by atoms with van der Waals surface area (Å²) in [7, 11) is 3.14. The Balaban J connectivity index is 1.88. The molecule has 0 bridgehead atoms. The third-order valence-corrected chi connectivity index (χ3v) is 3.63. The number of anilines is 1. The van der Waals surface area contributed by atoms with E-state index in [-0.39, 0.29) is 5.91 Å². The van der Waals surface area contributed by atoms with Crippen LogP contribution in [0.15, 0.2) is 42.5 Å². The molecule has 0 aliphatic rings. The number of fused-ring (bicyclic) bond motifs is 1. The molecule has 0 spiro atoms. The van der Waals surface area contributed by atoms with Gasteiger partial charge in [-0.25, -0.2) is 0 Å². The van der Waals surface area contributed by atoms with Crippen LogP contribution in [0, 0.1) is 6.92 Å². The van der Waals surface area contributed by atoms with Crippen molar-refractivity contribution in [3.63, 3.8) is 0 Å². The van der Waals surface area contributed by atoms with Gasteiger partial charge in [-0.15, -0.1) is 0 Å². The van der Waals surface area contributed by atoms with E-state index in [4.69, 9.17) is 9.47 Å². The molecule has 5 nitrogen and oxygen atoms in total. The van der Waals surface area contributed by atoms with Crippen molar-refractivity contribution >= 4 is 22.5 Å². The van der Waals surface area contributed by atoms with Crippen LogP contribution in [0.2, 0.25) is 0 Å². The van der Waals surface area contributed by atoms with E-state index in [1.807, 2.05) is 31.2 Å². The van der Waals surface area contributed by atoms with E-state index in [9.17, 15) is 4.79 Å². The normalized spacial score (nSPS) is 10.6. The number of amides is 1. The molecule has 1 aromatic heterocycles. The molecule has 1 heterocycles. The molecule has 2 N–H and O–H groups in total. The summed E-state index contributed by atoms with van der Waals surface area (Å²) in [6.07, 6.45) is 0. The second-order valence-electron chi connectivity index (χ2n) is 5.33. The van der Waals surface area contributed by atoms with Crippen LogP contribution in [0.25, 0.3) is 10.9 Å². The van der Waals surface area contributed by atoms with Crippen molar-refractivity contribution in [3.8, 4) is 11.5 Å². The fourth-order valence-electron chi connectivity index (χ4n) is 2.44. The Morgan fingerprint density at radius 2 is 1.70 bits per heavy atom. The fraction of sp³-hybridized carbons (Fsp3) is 0.167. The van der Waals surface area contributed by atoms with E-state index in [0.29, 0.717) is 22.9 Å². The molecule has 0 aliphatic carbocycles. The maximum Gasteiger partial charge on any atom is 0.272 e. The first-order chi connectivity index (χ1) is 11.1. The van der Waals surface area contributed by atoms with Crippen LogP contribution in [-0.4, -0.2) is 25.1 Å². The van der Waals surface area contributed by atoms with Crippen LogP contribution in [0.3, 0.4) is 0 Å². The van der Waals surface area contributed by atoms with E-state index in [1.165, 1.54) is 0 Å². The predicted molar refractivity (Wildman–Crippen MR) is 90.5 cm³/mol. The van der Waals surface area contributed by atoms with Gasteiger partial charge in [0, 0.05) is 34.8 Å². The average molecular weight is 310 g/mol. The van der Waals surface area contributed by atoms with Crippen molar-refractivity contribution in [1.82, 2.24) is 4.98 Å². The van der Waals surface area contributed by atoms with Crippen molar-refractivity contribution in [2.75, 3.05) is 19.5 Å². The molecule has 3 aromatic rings. The van der Waals surface area contributed by atoms with Crippen LogP contribution in [0.4, 0.5) is 5.69 Å². The van der Waals surface area contributed by atoms with Gasteiger partial charge < -0.3 is 19.8 Å². The Morgan fingerprint density at radius 1 is 1.00 bits per heavy atom. The summed E-state index contributed by atoms with van der Waals surface area (Å²) in [6, 6.07) is 13.1.